The molecule has 2 N–H and O–H groups in total. The summed E-state index contributed by atoms with van der Waals surface area (Å²) in [4.78, 5) is 30.0. The predicted molar refractivity (Wildman–Crippen MR) is 100 cm³/mol. The molecule has 6 atom stereocenters. The Hall–Kier alpha value is -2.45. The molecule has 30 heavy (non-hydrogen) atoms. The van der Waals surface area contributed by atoms with E-state index in [1.165, 1.54) is 0 Å². The Morgan fingerprint density at radius 3 is 2.60 bits per heavy atom. The molecule has 2 heterocycles. The number of halogens is 2. The van der Waals surface area contributed by atoms with E-state index in [-0.39, 0.29) is 36.3 Å². The molecule has 7 nitrogen and oxygen atoms in total. The van der Waals surface area contributed by atoms with E-state index >= 15 is 0 Å². The number of carbonyl (C=O) groups excluding carboxylic acids is 2. The quantitative estimate of drug-likeness (QED) is 0.807. The lowest BCUT2D eigenvalue weighted by molar-refractivity contribution is -0.161. The Morgan fingerprint density at radius 1 is 1.20 bits per heavy atom. The Balaban J connectivity index is 1.19. The van der Waals surface area contributed by atoms with Gasteiger partial charge in [-0.05, 0) is 49.9 Å². The molecule has 5 aliphatic rings. The normalized spacial score (nSPS) is 36.7. The van der Waals surface area contributed by atoms with E-state index in [1.807, 2.05) is 0 Å². The molecule has 4 saturated carbocycles. The molecule has 6 rings (SSSR count). The van der Waals surface area contributed by atoms with Gasteiger partial charge in [0.15, 0.2) is 5.82 Å². The molecule has 1 saturated heterocycles. The highest BCUT2D eigenvalue weighted by Gasteiger charge is 2.59. The summed E-state index contributed by atoms with van der Waals surface area (Å²) < 4.78 is 38.2. The zero-order valence-corrected chi connectivity index (χ0v) is 16.6. The van der Waals surface area contributed by atoms with Crippen LogP contribution in [0, 0.1) is 34.8 Å². The fourth-order valence-electron chi connectivity index (χ4n) is 6.30. The standard InChI is InChI=1S/C21H25F2N3O4/c22-14-5-16(23)18(25-9-14)29-15-1-2-26(10-15)20(28)30-17-12-3-11-4-13(17)8-21(6-11,7-12)19(24)27/h5,9,11-13,15,17H,1-4,6-8,10H2,(H2,24,27)/t11?,12-,13?,15?,17?,21?/m1/s1. The van der Waals surface area contributed by atoms with Crippen molar-refractivity contribution >= 4 is 12.0 Å². The third-order valence-electron chi connectivity index (χ3n) is 7.40. The second-order valence-corrected chi connectivity index (χ2v) is 9.38. The van der Waals surface area contributed by atoms with Crippen molar-refractivity contribution in [2.24, 2.45) is 28.9 Å². The first-order valence-corrected chi connectivity index (χ1v) is 10.6. The van der Waals surface area contributed by atoms with E-state index in [0.29, 0.717) is 37.8 Å². The number of carbonyl (C=O) groups is 2. The summed E-state index contributed by atoms with van der Waals surface area (Å²) in [5.74, 6) is -1.27. The van der Waals surface area contributed by atoms with Gasteiger partial charge >= 0.3 is 6.09 Å². The third-order valence-corrected chi connectivity index (χ3v) is 7.40. The zero-order chi connectivity index (χ0) is 21.0. The number of hydrogen-bond donors (Lipinski definition) is 1. The third kappa shape index (κ3) is 3.28. The van der Waals surface area contributed by atoms with Gasteiger partial charge in [-0.25, -0.2) is 18.6 Å². The molecule has 0 spiro atoms. The molecule has 9 heteroatoms. The summed E-state index contributed by atoms with van der Waals surface area (Å²) in [6.07, 6.45) is 4.62. The molecule has 2 amide bonds. The van der Waals surface area contributed by atoms with Crippen LogP contribution in [0.1, 0.15) is 38.5 Å². The van der Waals surface area contributed by atoms with Crippen LogP contribution < -0.4 is 10.5 Å². The van der Waals surface area contributed by atoms with Gasteiger partial charge in [0.05, 0.1) is 18.2 Å². The van der Waals surface area contributed by atoms with Crippen LogP contribution in [-0.2, 0) is 9.53 Å². The molecule has 1 aromatic rings. The summed E-state index contributed by atoms with van der Waals surface area (Å²) >= 11 is 0. The van der Waals surface area contributed by atoms with Gasteiger partial charge < -0.3 is 20.1 Å². The lowest BCUT2D eigenvalue weighted by atomic mass is 9.48. The highest BCUT2D eigenvalue weighted by atomic mass is 19.1. The van der Waals surface area contributed by atoms with Gasteiger partial charge in [0.25, 0.3) is 5.88 Å². The van der Waals surface area contributed by atoms with E-state index in [9.17, 15) is 18.4 Å². The first kappa shape index (κ1) is 19.5. The van der Waals surface area contributed by atoms with Crippen molar-refractivity contribution in [2.75, 3.05) is 13.1 Å². The predicted octanol–water partition coefficient (Wildman–Crippen LogP) is 2.63. The summed E-state index contributed by atoms with van der Waals surface area (Å²) in [5.41, 5.74) is 5.30. The van der Waals surface area contributed by atoms with Gasteiger partial charge in [-0.15, -0.1) is 0 Å². The first-order chi connectivity index (χ1) is 14.3. The van der Waals surface area contributed by atoms with Crippen molar-refractivity contribution in [3.63, 3.8) is 0 Å². The van der Waals surface area contributed by atoms with Crippen LogP contribution >= 0.6 is 0 Å². The number of pyridine rings is 1. The van der Waals surface area contributed by atoms with Gasteiger partial charge in [-0.3, -0.25) is 4.79 Å². The lowest BCUT2D eigenvalue weighted by Gasteiger charge is -2.58. The average molecular weight is 421 g/mol. The molecule has 5 unspecified atom stereocenters. The highest BCUT2D eigenvalue weighted by Crippen LogP contribution is 2.60. The van der Waals surface area contributed by atoms with Crippen LogP contribution in [0.5, 0.6) is 5.88 Å². The van der Waals surface area contributed by atoms with Crippen molar-refractivity contribution in [3.8, 4) is 5.88 Å². The Labute approximate surface area is 172 Å². The van der Waals surface area contributed by atoms with Crippen molar-refractivity contribution in [3.05, 3.63) is 23.9 Å². The number of hydrogen-bond acceptors (Lipinski definition) is 5. The number of rotatable bonds is 4. The maximum absolute atomic E-state index is 13.8. The number of primary amides is 1. The maximum Gasteiger partial charge on any atom is 0.410 e. The van der Waals surface area contributed by atoms with Gasteiger partial charge in [0.1, 0.15) is 18.0 Å². The van der Waals surface area contributed by atoms with E-state index in [0.717, 1.165) is 25.5 Å². The number of nitrogens with zero attached hydrogens (tertiary/aromatic N) is 2. The van der Waals surface area contributed by atoms with Gasteiger partial charge in [-0.2, -0.15) is 0 Å². The Morgan fingerprint density at radius 2 is 1.93 bits per heavy atom. The van der Waals surface area contributed by atoms with Crippen LogP contribution in [-0.4, -0.2) is 47.2 Å². The largest absolute Gasteiger partial charge is 0.470 e. The molecule has 5 fully saturated rings. The molecular formula is C21H25F2N3O4. The Bertz CT molecular complexity index is 866. The average Bonchev–Trinajstić information content (AvgIpc) is 3.15. The van der Waals surface area contributed by atoms with E-state index in [1.54, 1.807) is 4.90 Å². The summed E-state index contributed by atoms with van der Waals surface area (Å²) in [5, 5.41) is 0. The van der Waals surface area contributed by atoms with Crippen LogP contribution in [0.2, 0.25) is 0 Å². The van der Waals surface area contributed by atoms with Crippen LogP contribution in [0.15, 0.2) is 12.3 Å². The van der Waals surface area contributed by atoms with Crippen molar-refractivity contribution < 1.29 is 27.8 Å². The number of nitrogens with two attached hydrogens (primary N) is 1. The van der Waals surface area contributed by atoms with Crippen LogP contribution in [0.4, 0.5) is 13.6 Å². The van der Waals surface area contributed by atoms with Crippen LogP contribution in [0.25, 0.3) is 0 Å². The van der Waals surface area contributed by atoms with Crippen molar-refractivity contribution in [1.82, 2.24) is 9.88 Å². The van der Waals surface area contributed by atoms with Gasteiger partial charge in [-0.1, -0.05) is 0 Å². The molecule has 162 valence electrons. The van der Waals surface area contributed by atoms with Gasteiger partial charge in [0, 0.05) is 19.0 Å². The van der Waals surface area contributed by atoms with Crippen molar-refractivity contribution in [1.29, 1.82) is 0 Å². The smallest absolute Gasteiger partial charge is 0.410 e. The highest BCUT2D eigenvalue weighted by molar-refractivity contribution is 5.81. The van der Waals surface area contributed by atoms with Gasteiger partial charge in [0.2, 0.25) is 5.91 Å². The maximum atomic E-state index is 13.8. The Kier molecular flexibility index (Phi) is 4.59. The second kappa shape index (κ2) is 7.06. The summed E-state index contributed by atoms with van der Waals surface area (Å²) in [6.45, 7) is 0.690. The minimum absolute atomic E-state index is 0.180. The molecular weight excluding hydrogens is 396 g/mol. The number of aromatic nitrogens is 1. The van der Waals surface area contributed by atoms with E-state index in [4.69, 9.17) is 15.2 Å². The zero-order valence-electron chi connectivity index (χ0n) is 16.6. The molecule has 4 aliphatic carbocycles. The minimum atomic E-state index is -0.868. The molecule has 1 aromatic heterocycles. The lowest BCUT2D eigenvalue weighted by Crippen LogP contribution is -2.59. The number of likely N-dealkylation sites (tertiary alicyclic amines) is 1. The van der Waals surface area contributed by atoms with E-state index < -0.39 is 29.2 Å². The first-order valence-electron chi connectivity index (χ1n) is 10.6. The van der Waals surface area contributed by atoms with E-state index in [2.05, 4.69) is 4.98 Å². The fraction of sp³-hybridized carbons (Fsp3) is 0.667. The molecule has 4 bridgehead atoms. The van der Waals surface area contributed by atoms with Crippen LogP contribution in [0.3, 0.4) is 0 Å². The molecule has 0 radical (unpaired) electrons. The monoisotopic (exact) mass is 421 g/mol. The minimum Gasteiger partial charge on any atom is -0.470 e. The molecule has 0 aromatic carbocycles. The van der Waals surface area contributed by atoms with Crippen molar-refractivity contribution in [2.45, 2.75) is 50.7 Å². The summed E-state index contributed by atoms with van der Waals surface area (Å²) in [6, 6.07) is 0.717. The topological polar surface area (TPSA) is 94.8 Å². The SMILES string of the molecule is NC(=O)C12CC3CC(C1)C(OC(=O)N1CCC(Oc4ncc(F)cc4F)C1)[C@H](C3)C2. The summed E-state index contributed by atoms with van der Waals surface area (Å²) in [7, 11) is 0. The molecule has 1 aliphatic heterocycles. The second-order valence-electron chi connectivity index (χ2n) is 9.38. The fourth-order valence-corrected chi connectivity index (χ4v) is 6.30. The number of ether oxygens (including phenoxy) is 2. The number of amides is 2.